The maximum atomic E-state index is 10.3. The van der Waals surface area contributed by atoms with Crippen molar-refractivity contribution in [1.29, 1.82) is 0 Å². The van der Waals surface area contributed by atoms with Gasteiger partial charge in [0.15, 0.2) is 6.29 Å². The molecule has 9 heavy (non-hydrogen) atoms. The monoisotopic (exact) mass is 152 g/mol. The highest BCUT2D eigenvalue weighted by Crippen LogP contribution is 2.40. The van der Waals surface area contributed by atoms with Crippen molar-refractivity contribution < 1.29 is 23.6 Å². The van der Waals surface area contributed by atoms with Crippen LogP contribution in [-0.2, 0) is 18.7 Å². The number of rotatable bonds is 3. The highest BCUT2D eigenvalue weighted by atomic mass is 31.2. The van der Waals surface area contributed by atoms with Gasteiger partial charge in [-0.15, -0.1) is 0 Å². The van der Waals surface area contributed by atoms with Crippen LogP contribution in [0.3, 0.4) is 0 Å². The highest BCUT2D eigenvalue weighted by Gasteiger charge is 2.27. The predicted molar refractivity (Wildman–Crippen MR) is 27.9 cm³/mol. The van der Waals surface area contributed by atoms with Crippen molar-refractivity contribution in [2.45, 2.75) is 0 Å². The van der Waals surface area contributed by atoms with Gasteiger partial charge in [-0.3, -0.25) is 14.2 Å². The lowest BCUT2D eigenvalue weighted by molar-refractivity contribution is -0.125. The molecule has 0 spiro atoms. The lowest BCUT2D eigenvalue weighted by atomic mass is 10.9. The molecule has 0 saturated heterocycles. The van der Waals surface area contributed by atoms with E-state index in [2.05, 4.69) is 4.52 Å². The SMILES string of the molecule is COP(=O)(O)C(=O)C=O. The second-order valence-electron chi connectivity index (χ2n) is 1.16. The number of carbonyl (C=O) groups is 2. The summed E-state index contributed by atoms with van der Waals surface area (Å²) in [6.45, 7) is 0. The molecule has 52 valence electrons. The normalized spacial score (nSPS) is 16.2. The van der Waals surface area contributed by atoms with Crippen LogP contribution in [0.15, 0.2) is 0 Å². The van der Waals surface area contributed by atoms with Crippen molar-refractivity contribution in [3.8, 4) is 0 Å². The minimum absolute atomic E-state index is 0.246. The van der Waals surface area contributed by atoms with Gasteiger partial charge in [-0.05, 0) is 0 Å². The molecule has 0 heterocycles. The second kappa shape index (κ2) is 2.87. The molecular formula is C3H5O5P. The molecule has 0 radical (unpaired) electrons. The Hall–Kier alpha value is -0.510. The van der Waals surface area contributed by atoms with Gasteiger partial charge >= 0.3 is 13.1 Å². The molecule has 0 amide bonds. The van der Waals surface area contributed by atoms with Crippen molar-refractivity contribution in [3.05, 3.63) is 0 Å². The molecule has 0 aliphatic rings. The van der Waals surface area contributed by atoms with Gasteiger partial charge in [0.2, 0.25) is 0 Å². The van der Waals surface area contributed by atoms with Gasteiger partial charge in [0, 0.05) is 7.11 Å². The molecule has 0 fully saturated rings. The average molecular weight is 152 g/mol. The number of hydrogen-bond donors (Lipinski definition) is 1. The number of hydrogen-bond acceptors (Lipinski definition) is 4. The van der Waals surface area contributed by atoms with Crippen LogP contribution in [0.5, 0.6) is 0 Å². The molecule has 0 bridgehead atoms. The van der Waals surface area contributed by atoms with E-state index < -0.39 is 13.1 Å². The van der Waals surface area contributed by atoms with Crippen LogP contribution in [0, 0.1) is 0 Å². The first kappa shape index (κ1) is 8.49. The first-order chi connectivity index (χ1) is 4.04. The summed E-state index contributed by atoms with van der Waals surface area (Å²) in [6, 6.07) is 0. The van der Waals surface area contributed by atoms with E-state index in [-0.39, 0.29) is 6.29 Å². The summed E-state index contributed by atoms with van der Waals surface area (Å²) in [7, 11) is -3.39. The van der Waals surface area contributed by atoms with E-state index >= 15 is 0 Å². The molecule has 0 aliphatic heterocycles. The fourth-order valence-electron chi connectivity index (χ4n) is 0.157. The largest absolute Gasteiger partial charge is 0.401 e. The molecule has 1 N–H and O–H groups in total. The van der Waals surface area contributed by atoms with Gasteiger partial charge in [-0.1, -0.05) is 0 Å². The van der Waals surface area contributed by atoms with E-state index in [0.717, 1.165) is 7.11 Å². The van der Waals surface area contributed by atoms with Crippen molar-refractivity contribution in [2.75, 3.05) is 7.11 Å². The standard InChI is InChI=1S/C3H5O5P/c1-8-9(6,7)3(5)2-4/h2H,1H3,(H,6,7). The van der Waals surface area contributed by atoms with Gasteiger partial charge in [-0.2, -0.15) is 0 Å². The summed E-state index contributed by atoms with van der Waals surface area (Å²) in [5, 5.41) is 0. The molecule has 5 nitrogen and oxygen atoms in total. The van der Waals surface area contributed by atoms with Crippen molar-refractivity contribution >= 4 is 19.4 Å². The van der Waals surface area contributed by atoms with Gasteiger partial charge in [0.05, 0.1) is 0 Å². The van der Waals surface area contributed by atoms with E-state index in [1.165, 1.54) is 0 Å². The van der Waals surface area contributed by atoms with E-state index in [0.29, 0.717) is 0 Å². The Balaban J connectivity index is 4.34. The van der Waals surface area contributed by atoms with Crippen LogP contribution in [-0.4, -0.2) is 23.8 Å². The van der Waals surface area contributed by atoms with E-state index in [1.807, 2.05) is 0 Å². The maximum Gasteiger partial charge on any atom is 0.401 e. The molecule has 0 aromatic rings. The lowest BCUT2D eigenvalue weighted by Crippen LogP contribution is -2.00. The Bertz CT molecular complexity index is 173. The lowest BCUT2D eigenvalue weighted by Gasteiger charge is -1.99. The zero-order valence-corrected chi connectivity index (χ0v) is 5.50. The van der Waals surface area contributed by atoms with Crippen LogP contribution in [0.1, 0.15) is 0 Å². The third kappa shape index (κ3) is 2.05. The zero-order valence-electron chi connectivity index (χ0n) is 4.60. The molecule has 0 aromatic heterocycles. The summed E-state index contributed by atoms with van der Waals surface area (Å²) in [4.78, 5) is 28.0. The molecule has 0 saturated carbocycles. The smallest absolute Gasteiger partial charge is 0.319 e. The quantitative estimate of drug-likeness (QED) is 0.336. The van der Waals surface area contributed by atoms with Crippen molar-refractivity contribution in [3.63, 3.8) is 0 Å². The van der Waals surface area contributed by atoms with Crippen LogP contribution in [0.4, 0.5) is 0 Å². The van der Waals surface area contributed by atoms with E-state index in [9.17, 15) is 14.2 Å². The maximum absolute atomic E-state index is 10.3. The topological polar surface area (TPSA) is 80.7 Å². The Morgan fingerprint density at radius 3 is 2.33 bits per heavy atom. The second-order valence-corrected chi connectivity index (χ2v) is 3.01. The Morgan fingerprint density at radius 1 is 1.78 bits per heavy atom. The van der Waals surface area contributed by atoms with E-state index in [4.69, 9.17) is 4.89 Å². The molecular weight excluding hydrogens is 147 g/mol. The highest BCUT2D eigenvalue weighted by molar-refractivity contribution is 7.73. The summed E-state index contributed by atoms with van der Waals surface area (Å²) in [5.74, 6) is 0. The Labute approximate surface area is 51.2 Å². The van der Waals surface area contributed by atoms with Crippen LogP contribution >= 0.6 is 7.60 Å². The van der Waals surface area contributed by atoms with Crippen molar-refractivity contribution in [2.24, 2.45) is 0 Å². The summed E-state index contributed by atoms with van der Waals surface area (Å²) in [6.07, 6.45) is -0.246. The van der Waals surface area contributed by atoms with Gasteiger partial charge in [-0.25, -0.2) is 0 Å². The molecule has 1 unspecified atom stereocenters. The average Bonchev–Trinajstić information content (AvgIpc) is 1.86. The van der Waals surface area contributed by atoms with Crippen LogP contribution < -0.4 is 0 Å². The Kier molecular flexibility index (Phi) is 2.70. The summed E-state index contributed by atoms with van der Waals surface area (Å²) in [5.41, 5.74) is -1.43. The minimum Gasteiger partial charge on any atom is -0.319 e. The molecule has 6 heteroatoms. The summed E-state index contributed by atoms with van der Waals surface area (Å²) >= 11 is 0. The first-order valence-corrected chi connectivity index (χ1v) is 3.50. The predicted octanol–water partition coefficient (Wildman–Crippen LogP) is -0.456. The fraction of sp³-hybridized carbons (Fsp3) is 0.333. The Morgan fingerprint density at radius 2 is 2.22 bits per heavy atom. The third-order valence-electron chi connectivity index (χ3n) is 0.627. The first-order valence-electron chi connectivity index (χ1n) is 1.93. The van der Waals surface area contributed by atoms with Gasteiger partial charge in [0.1, 0.15) is 0 Å². The molecule has 0 rings (SSSR count). The molecule has 1 atom stereocenters. The van der Waals surface area contributed by atoms with Crippen LogP contribution in [0.2, 0.25) is 0 Å². The molecule has 0 aliphatic carbocycles. The van der Waals surface area contributed by atoms with E-state index in [1.54, 1.807) is 0 Å². The van der Waals surface area contributed by atoms with Gasteiger partial charge in [0.25, 0.3) is 0 Å². The van der Waals surface area contributed by atoms with Gasteiger partial charge < -0.3 is 9.42 Å². The molecule has 0 aromatic carbocycles. The van der Waals surface area contributed by atoms with Crippen molar-refractivity contribution in [1.82, 2.24) is 0 Å². The summed E-state index contributed by atoms with van der Waals surface area (Å²) < 4.78 is 14.1. The minimum atomic E-state index is -4.27. The number of carbonyl (C=O) groups excluding carboxylic acids is 2. The fourth-order valence-corrected chi connectivity index (χ4v) is 0.470. The zero-order chi connectivity index (χ0) is 7.49. The third-order valence-corrected chi connectivity index (χ3v) is 1.78. The number of aldehydes is 1. The van der Waals surface area contributed by atoms with Crippen LogP contribution in [0.25, 0.3) is 0 Å².